The quantitative estimate of drug-likeness (QED) is 0.672. The maximum atomic E-state index is 12.0. The van der Waals surface area contributed by atoms with Gasteiger partial charge in [0.25, 0.3) is 0 Å². The van der Waals surface area contributed by atoms with Crippen molar-refractivity contribution >= 4 is 11.5 Å². The zero-order chi connectivity index (χ0) is 13.1. The number of ether oxygens (including phenoxy) is 1. The highest BCUT2D eigenvalue weighted by Gasteiger charge is 2.14. The average Bonchev–Trinajstić information content (AvgIpc) is 2.84. The van der Waals surface area contributed by atoms with E-state index < -0.39 is 6.61 Å². The molecule has 0 radical (unpaired) electrons. The fourth-order valence-electron chi connectivity index (χ4n) is 1.44. The summed E-state index contributed by atoms with van der Waals surface area (Å²) in [6.07, 6.45) is 1.37. The molecule has 0 saturated carbocycles. The molecule has 0 aliphatic heterocycles. The summed E-state index contributed by atoms with van der Waals surface area (Å²) < 4.78 is 33.2. The van der Waals surface area contributed by atoms with Gasteiger partial charge < -0.3 is 14.9 Å². The van der Waals surface area contributed by atoms with Gasteiger partial charge in [-0.3, -0.25) is 4.79 Å². The summed E-state index contributed by atoms with van der Waals surface area (Å²) in [7, 11) is 0. The summed E-state index contributed by atoms with van der Waals surface area (Å²) in [6.45, 7) is -2.96. The van der Waals surface area contributed by atoms with Crippen LogP contribution in [0.3, 0.4) is 0 Å². The van der Waals surface area contributed by atoms with Crippen molar-refractivity contribution < 1.29 is 22.7 Å². The van der Waals surface area contributed by atoms with Crippen LogP contribution in [0.2, 0.25) is 0 Å². The summed E-state index contributed by atoms with van der Waals surface area (Å²) >= 11 is 0. The van der Waals surface area contributed by atoms with Crippen LogP contribution in [0.5, 0.6) is 5.75 Å². The zero-order valence-corrected chi connectivity index (χ0v) is 9.10. The van der Waals surface area contributed by atoms with Crippen LogP contribution in [0, 0.1) is 0 Å². The van der Waals surface area contributed by atoms with Crippen LogP contribution < -0.4 is 10.5 Å². The molecule has 0 aliphatic carbocycles. The van der Waals surface area contributed by atoms with E-state index in [0.717, 1.165) is 0 Å². The first-order valence-corrected chi connectivity index (χ1v) is 5.00. The van der Waals surface area contributed by atoms with Gasteiger partial charge >= 0.3 is 6.61 Å². The second-order valence-electron chi connectivity index (χ2n) is 3.44. The molecule has 2 rings (SSSR count). The second kappa shape index (κ2) is 4.87. The van der Waals surface area contributed by atoms with Crippen LogP contribution in [0.15, 0.2) is 41.0 Å². The zero-order valence-electron chi connectivity index (χ0n) is 9.10. The van der Waals surface area contributed by atoms with Crippen LogP contribution in [0.1, 0.15) is 16.1 Å². The van der Waals surface area contributed by atoms with Gasteiger partial charge in [0.1, 0.15) is 5.75 Å². The number of nitrogens with two attached hydrogens (primary N) is 1. The minimum absolute atomic E-state index is 0.0345. The number of carbonyl (C=O) groups excluding carboxylic acids is 1. The first-order chi connectivity index (χ1) is 8.58. The van der Waals surface area contributed by atoms with Crippen molar-refractivity contribution in [1.29, 1.82) is 0 Å². The van der Waals surface area contributed by atoms with Crippen LogP contribution >= 0.6 is 0 Å². The Balaban J connectivity index is 2.26. The number of rotatable bonds is 4. The van der Waals surface area contributed by atoms with E-state index in [1.54, 1.807) is 6.07 Å². The molecule has 2 aromatic rings. The number of hydrogen-bond acceptors (Lipinski definition) is 4. The van der Waals surface area contributed by atoms with Crippen molar-refractivity contribution in [3.8, 4) is 5.75 Å². The van der Waals surface area contributed by atoms with Gasteiger partial charge in [0.2, 0.25) is 5.78 Å². The predicted molar refractivity (Wildman–Crippen MR) is 59.6 cm³/mol. The number of benzene rings is 1. The third-order valence-corrected chi connectivity index (χ3v) is 2.23. The van der Waals surface area contributed by atoms with E-state index in [-0.39, 0.29) is 28.5 Å². The van der Waals surface area contributed by atoms with Crippen molar-refractivity contribution in [2.24, 2.45) is 0 Å². The van der Waals surface area contributed by atoms with E-state index >= 15 is 0 Å². The molecule has 1 heterocycles. The Kier molecular flexibility index (Phi) is 3.27. The van der Waals surface area contributed by atoms with E-state index in [4.69, 9.17) is 10.2 Å². The van der Waals surface area contributed by atoms with Crippen LogP contribution in [-0.2, 0) is 0 Å². The molecule has 94 valence electrons. The van der Waals surface area contributed by atoms with Gasteiger partial charge in [-0.1, -0.05) is 0 Å². The Hall–Kier alpha value is -2.37. The van der Waals surface area contributed by atoms with E-state index in [9.17, 15) is 13.6 Å². The summed E-state index contributed by atoms with van der Waals surface area (Å²) in [5.74, 6) is -0.395. The van der Waals surface area contributed by atoms with Gasteiger partial charge in [-0.05, 0) is 30.3 Å². The van der Waals surface area contributed by atoms with Gasteiger partial charge in [0.15, 0.2) is 5.76 Å². The van der Waals surface area contributed by atoms with Crippen LogP contribution in [0.4, 0.5) is 14.5 Å². The number of anilines is 1. The fraction of sp³-hybridized carbons (Fsp3) is 0.0833. The largest absolute Gasteiger partial charge is 0.461 e. The molecule has 18 heavy (non-hydrogen) atoms. The number of ketones is 1. The molecule has 0 atom stereocenters. The van der Waals surface area contributed by atoms with Crippen molar-refractivity contribution in [2.45, 2.75) is 6.61 Å². The van der Waals surface area contributed by atoms with E-state index in [0.29, 0.717) is 0 Å². The number of carbonyl (C=O) groups is 1. The lowest BCUT2D eigenvalue weighted by molar-refractivity contribution is -0.0493. The third-order valence-electron chi connectivity index (χ3n) is 2.23. The molecule has 2 N–H and O–H groups in total. The summed E-state index contributed by atoms with van der Waals surface area (Å²) in [4.78, 5) is 11.9. The van der Waals surface area contributed by atoms with E-state index in [2.05, 4.69) is 4.74 Å². The van der Waals surface area contributed by atoms with Gasteiger partial charge in [-0.2, -0.15) is 8.78 Å². The lowest BCUT2D eigenvalue weighted by atomic mass is 10.1. The smallest absolute Gasteiger partial charge is 0.387 e. The molecule has 1 aromatic heterocycles. The monoisotopic (exact) mass is 253 g/mol. The normalized spacial score (nSPS) is 10.6. The molecule has 0 bridgehead atoms. The van der Waals surface area contributed by atoms with Gasteiger partial charge in [0, 0.05) is 5.56 Å². The van der Waals surface area contributed by atoms with Gasteiger partial charge in [-0.15, -0.1) is 0 Å². The lowest BCUT2D eigenvalue weighted by Gasteiger charge is -2.08. The van der Waals surface area contributed by atoms with Crippen molar-refractivity contribution in [2.75, 3.05) is 5.73 Å². The first kappa shape index (κ1) is 12.1. The molecule has 0 spiro atoms. The van der Waals surface area contributed by atoms with Crippen molar-refractivity contribution in [1.82, 2.24) is 0 Å². The molecule has 0 amide bonds. The van der Waals surface area contributed by atoms with E-state index in [1.807, 2.05) is 0 Å². The molecule has 1 aromatic carbocycles. The Bertz CT molecular complexity index is 552. The Morgan fingerprint density at radius 3 is 2.67 bits per heavy atom. The van der Waals surface area contributed by atoms with Crippen LogP contribution in [0.25, 0.3) is 0 Å². The molecular formula is C12H9F2NO3. The molecule has 0 saturated heterocycles. The van der Waals surface area contributed by atoms with Gasteiger partial charge in [-0.25, -0.2) is 0 Å². The number of alkyl halides is 2. The van der Waals surface area contributed by atoms with Gasteiger partial charge in [0.05, 0.1) is 12.0 Å². The maximum Gasteiger partial charge on any atom is 0.387 e. The maximum absolute atomic E-state index is 12.0. The lowest BCUT2D eigenvalue weighted by Crippen LogP contribution is -2.06. The number of nitrogen functional groups attached to an aromatic ring is 1. The first-order valence-electron chi connectivity index (χ1n) is 5.00. The highest BCUT2D eigenvalue weighted by molar-refractivity contribution is 6.07. The standard InChI is InChI=1S/C12H9F2NO3/c13-12(14)18-9-4-3-7(6-8(9)15)11(16)10-2-1-5-17-10/h1-6,12H,15H2. The Morgan fingerprint density at radius 1 is 1.33 bits per heavy atom. The number of halogens is 2. The number of furan rings is 1. The topological polar surface area (TPSA) is 65.5 Å². The molecule has 0 unspecified atom stereocenters. The van der Waals surface area contributed by atoms with Crippen molar-refractivity contribution in [3.05, 3.63) is 47.9 Å². The summed E-state index contributed by atoms with van der Waals surface area (Å²) in [6, 6.07) is 6.91. The van der Waals surface area contributed by atoms with Crippen molar-refractivity contribution in [3.63, 3.8) is 0 Å². The van der Waals surface area contributed by atoms with Crippen LogP contribution in [-0.4, -0.2) is 12.4 Å². The molecule has 0 fully saturated rings. The number of hydrogen-bond donors (Lipinski definition) is 1. The third kappa shape index (κ3) is 2.48. The Morgan fingerprint density at radius 2 is 2.11 bits per heavy atom. The SMILES string of the molecule is Nc1cc(C(=O)c2ccco2)ccc1OC(F)F. The average molecular weight is 253 g/mol. The minimum atomic E-state index is -2.96. The highest BCUT2D eigenvalue weighted by Crippen LogP contribution is 2.25. The minimum Gasteiger partial charge on any atom is -0.461 e. The fourth-order valence-corrected chi connectivity index (χ4v) is 1.44. The van der Waals surface area contributed by atoms with E-state index in [1.165, 1.54) is 30.5 Å². The predicted octanol–water partition coefficient (Wildman–Crippen LogP) is 2.69. The summed E-state index contributed by atoms with van der Waals surface area (Å²) in [5.41, 5.74) is 5.73. The molecule has 6 heteroatoms. The highest BCUT2D eigenvalue weighted by atomic mass is 19.3. The molecule has 4 nitrogen and oxygen atoms in total. The molecular weight excluding hydrogens is 244 g/mol. The Labute approximate surface area is 101 Å². The summed E-state index contributed by atoms with van der Waals surface area (Å²) in [5, 5.41) is 0. The molecule has 0 aliphatic rings. The second-order valence-corrected chi connectivity index (χ2v) is 3.44.